The Kier molecular flexibility index (Phi) is 6.62. The molecular formula is C26H27N3O2. The quantitative estimate of drug-likeness (QED) is 0.609. The van der Waals surface area contributed by atoms with Crippen molar-refractivity contribution in [3.05, 3.63) is 90.5 Å². The zero-order valence-corrected chi connectivity index (χ0v) is 17.5. The molecule has 3 aromatic carbocycles. The van der Waals surface area contributed by atoms with Crippen LogP contribution >= 0.6 is 0 Å². The summed E-state index contributed by atoms with van der Waals surface area (Å²) >= 11 is 0. The summed E-state index contributed by atoms with van der Waals surface area (Å²) in [6, 6.07) is 26.7. The second-order valence-electron chi connectivity index (χ2n) is 7.76. The van der Waals surface area contributed by atoms with Crippen LogP contribution in [0.2, 0.25) is 0 Å². The predicted octanol–water partition coefficient (Wildman–Crippen LogP) is 4.85. The number of anilines is 3. The van der Waals surface area contributed by atoms with Gasteiger partial charge in [-0.2, -0.15) is 0 Å². The number of nitrogens with one attached hydrogen (secondary N) is 1. The van der Waals surface area contributed by atoms with Crippen LogP contribution in [0, 0.1) is 0 Å². The summed E-state index contributed by atoms with van der Waals surface area (Å²) in [6.07, 6.45) is 3.71. The largest absolute Gasteiger partial charge is 0.372 e. The normalized spacial score (nSPS) is 13.5. The van der Waals surface area contributed by atoms with E-state index in [-0.39, 0.29) is 0 Å². The predicted molar refractivity (Wildman–Crippen MR) is 125 cm³/mol. The maximum Gasteiger partial charge on any atom is 0.316 e. The molecule has 0 atom stereocenters. The molecule has 0 radical (unpaired) electrons. The van der Waals surface area contributed by atoms with Crippen LogP contribution in [-0.2, 0) is 16.1 Å². The van der Waals surface area contributed by atoms with Gasteiger partial charge in [0.05, 0.1) is 6.54 Å². The first-order valence-corrected chi connectivity index (χ1v) is 10.8. The molecule has 1 fully saturated rings. The Morgan fingerprint density at radius 2 is 1.39 bits per heavy atom. The summed E-state index contributed by atoms with van der Waals surface area (Å²) in [5, 5.41) is 2.76. The van der Waals surface area contributed by atoms with Crippen LogP contribution in [0.25, 0.3) is 0 Å². The van der Waals surface area contributed by atoms with Crippen molar-refractivity contribution in [2.24, 2.45) is 0 Å². The number of hydrogen-bond acceptors (Lipinski definition) is 3. The average molecular weight is 414 g/mol. The molecule has 0 spiro atoms. The van der Waals surface area contributed by atoms with E-state index in [0.29, 0.717) is 17.9 Å². The van der Waals surface area contributed by atoms with Gasteiger partial charge in [0.1, 0.15) is 0 Å². The molecule has 1 aliphatic heterocycles. The monoisotopic (exact) mass is 413 g/mol. The summed E-state index contributed by atoms with van der Waals surface area (Å²) in [7, 11) is 0. The molecule has 5 nitrogen and oxygen atoms in total. The highest BCUT2D eigenvalue weighted by Crippen LogP contribution is 2.22. The van der Waals surface area contributed by atoms with Gasteiger partial charge in [0.15, 0.2) is 0 Å². The lowest BCUT2D eigenvalue weighted by Crippen LogP contribution is -2.39. The fourth-order valence-corrected chi connectivity index (χ4v) is 3.87. The molecule has 5 heteroatoms. The molecule has 2 amide bonds. The molecule has 0 saturated carbocycles. The smallest absolute Gasteiger partial charge is 0.316 e. The Bertz CT molecular complexity index is 998. The number of nitrogens with zero attached hydrogens (tertiary/aromatic N) is 2. The molecule has 1 saturated heterocycles. The van der Waals surface area contributed by atoms with E-state index in [2.05, 4.69) is 10.2 Å². The van der Waals surface area contributed by atoms with E-state index in [1.807, 2.05) is 84.9 Å². The van der Waals surface area contributed by atoms with E-state index in [4.69, 9.17) is 0 Å². The summed E-state index contributed by atoms with van der Waals surface area (Å²) < 4.78 is 0. The van der Waals surface area contributed by atoms with Crippen molar-refractivity contribution in [3.8, 4) is 0 Å². The van der Waals surface area contributed by atoms with Crippen molar-refractivity contribution in [3.63, 3.8) is 0 Å². The molecular weight excluding hydrogens is 386 g/mol. The third kappa shape index (κ3) is 5.31. The minimum absolute atomic E-state index is 0.324. The zero-order chi connectivity index (χ0) is 21.5. The van der Waals surface area contributed by atoms with E-state index in [1.54, 1.807) is 0 Å². The number of benzene rings is 3. The van der Waals surface area contributed by atoms with E-state index in [0.717, 1.165) is 24.3 Å². The fourth-order valence-electron chi connectivity index (χ4n) is 3.87. The highest BCUT2D eigenvalue weighted by atomic mass is 16.2. The van der Waals surface area contributed by atoms with Crippen LogP contribution in [-0.4, -0.2) is 24.9 Å². The molecule has 0 aliphatic carbocycles. The number of carbonyl (C=O) groups is 2. The topological polar surface area (TPSA) is 52.7 Å². The first-order chi connectivity index (χ1) is 15.2. The Hall–Kier alpha value is -3.60. The van der Waals surface area contributed by atoms with Gasteiger partial charge in [-0.25, -0.2) is 0 Å². The lowest BCUT2D eigenvalue weighted by molar-refractivity contribution is -0.134. The second kappa shape index (κ2) is 9.94. The van der Waals surface area contributed by atoms with Gasteiger partial charge in [-0.1, -0.05) is 48.5 Å². The van der Waals surface area contributed by atoms with Gasteiger partial charge in [-0.05, 0) is 61.2 Å². The third-order valence-electron chi connectivity index (χ3n) is 5.54. The molecule has 31 heavy (non-hydrogen) atoms. The molecule has 0 unspecified atom stereocenters. The van der Waals surface area contributed by atoms with Gasteiger partial charge in [0, 0.05) is 30.2 Å². The van der Waals surface area contributed by atoms with Gasteiger partial charge in [0.2, 0.25) is 0 Å². The molecule has 0 aromatic heterocycles. The standard InChI is InChI=1S/C26H27N3O2/c30-25(27-22-14-16-23(17-15-22)28-18-8-3-9-19-28)26(31)29(24-12-6-2-7-13-24)20-21-10-4-1-5-11-21/h1-2,4-7,10-17H,3,8-9,18-20H2,(H,27,30). The van der Waals surface area contributed by atoms with Crippen molar-refractivity contribution < 1.29 is 9.59 Å². The van der Waals surface area contributed by atoms with E-state index in [1.165, 1.54) is 24.2 Å². The number of carbonyl (C=O) groups excluding carboxylic acids is 2. The third-order valence-corrected chi connectivity index (χ3v) is 5.54. The van der Waals surface area contributed by atoms with Crippen molar-refractivity contribution in [2.45, 2.75) is 25.8 Å². The van der Waals surface area contributed by atoms with Crippen LogP contribution in [0.4, 0.5) is 17.1 Å². The second-order valence-corrected chi connectivity index (χ2v) is 7.76. The number of rotatable bonds is 5. The molecule has 1 aliphatic rings. The van der Waals surface area contributed by atoms with Crippen LogP contribution in [0.1, 0.15) is 24.8 Å². The van der Waals surface area contributed by atoms with Crippen LogP contribution < -0.4 is 15.1 Å². The van der Waals surface area contributed by atoms with Crippen LogP contribution in [0.3, 0.4) is 0 Å². The maximum absolute atomic E-state index is 13.1. The minimum atomic E-state index is -0.648. The Labute approximate surface area is 183 Å². The Morgan fingerprint density at radius 1 is 0.774 bits per heavy atom. The summed E-state index contributed by atoms with van der Waals surface area (Å²) in [5.74, 6) is -1.24. The summed E-state index contributed by atoms with van der Waals surface area (Å²) in [6.45, 7) is 2.45. The number of para-hydroxylation sites is 1. The lowest BCUT2D eigenvalue weighted by Gasteiger charge is -2.28. The molecule has 4 rings (SSSR count). The van der Waals surface area contributed by atoms with Gasteiger partial charge >= 0.3 is 11.8 Å². The van der Waals surface area contributed by atoms with E-state index in [9.17, 15) is 9.59 Å². The van der Waals surface area contributed by atoms with Crippen molar-refractivity contribution in [2.75, 3.05) is 28.2 Å². The first-order valence-electron chi connectivity index (χ1n) is 10.8. The summed E-state index contributed by atoms with van der Waals surface area (Å²) in [5.41, 5.74) is 3.41. The number of amides is 2. The zero-order valence-electron chi connectivity index (χ0n) is 17.5. The van der Waals surface area contributed by atoms with Crippen LogP contribution in [0.5, 0.6) is 0 Å². The van der Waals surface area contributed by atoms with E-state index >= 15 is 0 Å². The molecule has 158 valence electrons. The van der Waals surface area contributed by atoms with Gasteiger partial charge in [-0.3, -0.25) is 14.5 Å². The average Bonchev–Trinajstić information content (AvgIpc) is 2.84. The van der Waals surface area contributed by atoms with Crippen molar-refractivity contribution in [1.29, 1.82) is 0 Å². The molecule has 3 aromatic rings. The highest BCUT2D eigenvalue weighted by molar-refractivity contribution is 6.44. The number of piperidine rings is 1. The van der Waals surface area contributed by atoms with Crippen molar-refractivity contribution >= 4 is 28.9 Å². The lowest BCUT2D eigenvalue weighted by atomic mass is 10.1. The Morgan fingerprint density at radius 3 is 2.03 bits per heavy atom. The maximum atomic E-state index is 13.1. The molecule has 1 heterocycles. The van der Waals surface area contributed by atoms with Gasteiger partial charge in [0.25, 0.3) is 0 Å². The fraction of sp³-hybridized carbons (Fsp3) is 0.231. The van der Waals surface area contributed by atoms with Crippen LogP contribution in [0.15, 0.2) is 84.9 Å². The van der Waals surface area contributed by atoms with Gasteiger partial charge in [-0.15, -0.1) is 0 Å². The summed E-state index contributed by atoms with van der Waals surface area (Å²) in [4.78, 5) is 29.7. The van der Waals surface area contributed by atoms with E-state index < -0.39 is 11.8 Å². The molecule has 0 bridgehead atoms. The highest BCUT2D eigenvalue weighted by Gasteiger charge is 2.24. The first kappa shape index (κ1) is 20.7. The molecule has 1 N–H and O–H groups in total. The van der Waals surface area contributed by atoms with Crippen molar-refractivity contribution in [1.82, 2.24) is 0 Å². The number of hydrogen-bond donors (Lipinski definition) is 1. The Balaban J connectivity index is 1.47. The van der Waals surface area contributed by atoms with Gasteiger partial charge < -0.3 is 10.2 Å². The SMILES string of the molecule is O=C(Nc1ccc(N2CCCCC2)cc1)C(=O)N(Cc1ccccc1)c1ccccc1. The minimum Gasteiger partial charge on any atom is -0.372 e.